The topological polar surface area (TPSA) is 157 Å². The van der Waals surface area contributed by atoms with E-state index in [2.05, 4.69) is 15.4 Å². The van der Waals surface area contributed by atoms with E-state index in [1.807, 2.05) is 6.92 Å². The van der Waals surface area contributed by atoms with Gasteiger partial charge in [0.2, 0.25) is 17.7 Å². The van der Waals surface area contributed by atoms with Crippen molar-refractivity contribution in [3.63, 3.8) is 0 Å². The second-order valence-electron chi connectivity index (χ2n) is 8.43. The van der Waals surface area contributed by atoms with Gasteiger partial charge in [-0.05, 0) is 33.3 Å². The number of carbonyl (C=O) groups is 5. The van der Waals surface area contributed by atoms with Crippen molar-refractivity contribution in [1.29, 1.82) is 0 Å². The molecule has 1 aromatic rings. The van der Waals surface area contributed by atoms with Gasteiger partial charge in [-0.1, -0.05) is 29.8 Å². The van der Waals surface area contributed by atoms with E-state index in [1.165, 1.54) is 14.2 Å². The van der Waals surface area contributed by atoms with Crippen LogP contribution in [0.3, 0.4) is 0 Å². The number of alkyl carbamates (subject to hydrolysis) is 1. The Balaban J connectivity index is 3.22. The Bertz CT molecular complexity index is 878. The van der Waals surface area contributed by atoms with Gasteiger partial charge in [-0.15, -0.1) is 0 Å². The van der Waals surface area contributed by atoms with E-state index in [-0.39, 0.29) is 0 Å². The minimum atomic E-state index is -1.37. The number of likely N-dealkylation sites (N-methyl/N-ethyl adjacent to an activating group) is 1. The van der Waals surface area contributed by atoms with Crippen LogP contribution in [0.15, 0.2) is 24.3 Å². The number of amides is 4. The molecule has 2 atom stereocenters. The van der Waals surface area contributed by atoms with Gasteiger partial charge in [0.1, 0.15) is 24.2 Å². The Morgan fingerprint density at radius 2 is 1.67 bits per heavy atom. The SMILES string of the molecule is COC(=O)CNC(=O)C(c1ccc(C)cc1)N(C)C(=O)C(CC(N)=O)NC(=O)OC(C)(C)C. The van der Waals surface area contributed by atoms with Gasteiger partial charge in [-0.3, -0.25) is 19.2 Å². The Labute approximate surface area is 193 Å². The summed E-state index contributed by atoms with van der Waals surface area (Å²) in [6.45, 7) is 6.38. The first-order valence-corrected chi connectivity index (χ1v) is 10.2. The van der Waals surface area contributed by atoms with E-state index in [0.29, 0.717) is 5.56 Å². The van der Waals surface area contributed by atoms with Gasteiger partial charge in [0.05, 0.1) is 13.5 Å². The molecule has 0 bridgehead atoms. The van der Waals surface area contributed by atoms with Crippen molar-refractivity contribution in [1.82, 2.24) is 15.5 Å². The number of hydrogen-bond donors (Lipinski definition) is 3. The predicted molar refractivity (Wildman–Crippen MR) is 119 cm³/mol. The van der Waals surface area contributed by atoms with Gasteiger partial charge in [-0.25, -0.2) is 4.79 Å². The molecular weight excluding hydrogens is 432 g/mol. The number of rotatable bonds is 9. The van der Waals surface area contributed by atoms with Crippen LogP contribution in [0, 0.1) is 6.92 Å². The van der Waals surface area contributed by atoms with Gasteiger partial charge in [0.15, 0.2) is 0 Å². The zero-order valence-corrected chi connectivity index (χ0v) is 19.8. The fourth-order valence-electron chi connectivity index (χ4n) is 2.85. The molecule has 11 heteroatoms. The molecule has 33 heavy (non-hydrogen) atoms. The normalized spacial score (nSPS) is 12.7. The molecule has 0 radical (unpaired) electrons. The Morgan fingerprint density at radius 1 is 1.09 bits per heavy atom. The van der Waals surface area contributed by atoms with Crippen molar-refractivity contribution in [2.24, 2.45) is 5.73 Å². The molecule has 1 aromatic carbocycles. The van der Waals surface area contributed by atoms with Gasteiger partial charge < -0.3 is 30.7 Å². The molecule has 0 fully saturated rings. The van der Waals surface area contributed by atoms with Crippen molar-refractivity contribution in [2.45, 2.75) is 51.8 Å². The number of aryl methyl sites for hydroxylation is 1. The highest BCUT2D eigenvalue weighted by Crippen LogP contribution is 2.22. The monoisotopic (exact) mass is 464 g/mol. The molecule has 4 amide bonds. The first-order chi connectivity index (χ1) is 15.2. The number of methoxy groups -OCH3 is 1. The molecule has 0 saturated heterocycles. The summed E-state index contributed by atoms with van der Waals surface area (Å²) in [6.07, 6.45) is -1.43. The molecule has 0 spiro atoms. The number of nitrogens with two attached hydrogens (primary N) is 1. The molecule has 0 aliphatic carbocycles. The molecule has 0 saturated carbocycles. The third-order valence-electron chi connectivity index (χ3n) is 4.41. The Morgan fingerprint density at radius 3 is 2.15 bits per heavy atom. The highest BCUT2D eigenvalue weighted by atomic mass is 16.6. The number of carbonyl (C=O) groups excluding carboxylic acids is 5. The summed E-state index contributed by atoms with van der Waals surface area (Å²) in [7, 11) is 2.52. The minimum absolute atomic E-state index is 0.402. The zero-order chi connectivity index (χ0) is 25.3. The zero-order valence-electron chi connectivity index (χ0n) is 19.8. The molecular formula is C22H32N4O7. The van der Waals surface area contributed by atoms with Crippen molar-refractivity contribution < 1.29 is 33.4 Å². The summed E-state index contributed by atoms with van der Waals surface area (Å²) in [6, 6.07) is 4.29. The van der Waals surface area contributed by atoms with Gasteiger partial charge in [0.25, 0.3) is 0 Å². The average molecular weight is 465 g/mol. The summed E-state index contributed by atoms with van der Waals surface area (Å²) in [4.78, 5) is 62.5. The lowest BCUT2D eigenvalue weighted by Crippen LogP contribution is -2.53. The number of hydrogen-bond acceptors (Lipinski definition) is 7. The van der Waals surface area contributed by atoms with E-state index in [9.17, 15) is 24.0 Å². The number of esters is 1. The lowest BCUT2D eigenvalue weighted by atomic mass is 10.0. The van der Waals surface area contributed by atoms with Crippen LogP contribution in [-0.2, 0) is 28.7 Å². The molecule has 2 unspecified atom stereocenters. The largest absolute Gasteiger partial charge is 0.468 e. The smallest absolute Gasteiger partial charge is 0.408 e. The van der Waals surface area contributed by atoms with Gasteiger partial charge in [0, 0.05) is 7.05 Å². The van der Waals surface area contributed by atoms with Crippen molar-refractivity contribution in [3.05, 3.63) is 35.4 Å². The highest BCUT2D eigenvalue weighted by Gasteiger charge is 2.35. The number of nitrogens with one attached hydrogen (secondary N) is 2. The van der Waals surface area contributed by atoms with Gasteiger partial charge >= 0.3 is 12.1 Å². The fraction of sp³-hybridized carbons (Fsp3) is 0.500. The van der Waals surface area contributed by atoms with Gasteiger partial charge in [-0.2, -0.15) is 0 Å². The average Bonchev–Trinajstić information content (AvgIpc) is 2.70. The second-order valence-corrected chi connectivity index (χ2v) is 8.43. The molecule has 0 aliphatic heterocycles. The van der Waals surface area contributed by atoms with Crippen LogP contribution in [0.1, 0.15) is 44.4 Å². The Kier molecular flexibility index (Phi) is 9.83. The summed E-state index contributed by atoms with van der Waals surface area (Å²) < 4.78 is 9.69. The number of primary amides is 1. The highest BCUT2D eigenvalue weighted by molar-refractivity contribution is 5.95. The van der Waals surface area contributed by atoms with Crippen molar-refractivity contribution >= 4 is 29.8 Å². The molecule has 1 rings (SSSR count). The van der Waals surface area contributed by atoms with E-state index >= 15 is 0 Å². The maximum atomic E-state index is 13.2. The molecule has 0 aliphatic rings. The standard InChI is InChI=1S/C22H32N4O7/c1-13-7-9-14(10-8-13)18(19(29)24-12-17(28)32-6)26(5)20(30)15(11-16(23)27)25-21(31)33-22(2,3)4/h7-10,15,18H,11-12H2,1-6H3,(H2,23,27)(H,24,29)(H,25,31). The molecule has 0 aromatic heterocycles. The summed E-state index contributed by atoms with van der Waals surface area (Å²) >= 11 is 0. The maximum Gasteiger partial charge on any atom is 0.408 e. The lowest BCUT2D eigenvalue weighted by molar-refractivity contribution is -0.144. The van der Waals surface area contributed by atoms with E-state index in [4.69, 9.17) is 10.5 Å². The van der Waals surface area contributed by atoms with E-state index in [1.54, 1.807) is 45.0 Å². The van der Waals surface area contributed by atoms with Crippen LogP contribution >= 0.6 is 0 Å². The van der Waals surface area contributed by atoms with E-state index in [0.717, 1.165) is 10.5 Å². The first-order valence-electron chi connectivity index (χ1n) is 10.2. The van der Waals surface area contributed by atoms with Crippen LogP contribution in [0.2, 0.25) is 0 Å². The van der Waals surface area contributed by atoms with Crippen LogP contribution < -0.4 is 16.4 Å². The predicted octanol–water partition coefficient (Wildman–Crippen LogP) is 0.552. The molecule has 4 N–H and O–H groups in total. The third-order valence-corrected chi connectivity index (χ3v) is 4.41. The second kappa shape index (κ2) is 11.8. The number of benzene rings is 1. The molecule has 11 nitrogen and oxygen atoms in total. The quantitative estimate of drug-likeness (QED) is 0.450. The van der Waals surface area contributed by atoms with Crippen LogP contribution in [-0.4, -0.2) is 67.0 Å². The van der Waals surface area contributed by atoms with Crippen LogP contribution in [0.25, 0.3) is 0 Å². The van der Waals surface area contributed by atoms with E-state index < -0.39 is 60.4 Å². The van der Waals surface area contributed by atoms with Crippen molar-refractivity contribution in [3.8, 4) is 0 Å². The maximum absolute atomic E-state index is 13.2. The summed E-state index contributed by atoms with van der Waals surface area (Å²) in [5.74, 6) is -2.91. The lowest BCUT2D eigenvalue weighted by Gasteiger charge is -2.31. The number of ether oxygens (including phenoxy) is 2. The van der Waals surface area contributed by atoms with Crippen LogP contribution in [0.5, 0.6) is 0 Å². The first kappa shape index (κ1) is 27.4. The summed E-state index contributed by atoms with van der Waals surface area (Å²) in [5, 5.41) is 4.76. The molecule has 182 valence electrons. The van der Waals surface area contributed by atoms with Crippen molar-refractivity contribution in [2.75, 3.05) is 20.7 Å². The number of nitrogens with zero attached hydrogens (tertiary/aromatic N) is 1. The summed E-state index contributed by atoms with van der Waals surface area (Å²) in [5.41, 5.74) is 5.81. The third kappa shape index (κ3) is 9.17. The Hall–Kier alpha value is -3.63. The fourth-order valence-corrected chi connectivity index (χ4v) is 2.85. The molecule has 0 heterocycles. The van der Waals surface area contributed by atoms with Crippen LogP contribution in [0.4, 0.5) is 4.79 Å². The minimum Gasteiger partial charge on any atom is -0.468 e.